The fourth-order valence-electron chi connectivity index (χ4n) is 5.84. The van der Waals surface area contributed by atoms with E-state index in [1.165, 1.54) is 12.1 Å². The molecule has 1 aliphatic rings. The van der Waals surface area contributed by atoms with Crippen LogP contribution in [0.4, 0.5) is 5.95 Å². The summed E-state index contributed by atoms with van der Waals surface area (Å²) in [7, 11) is -0.725. The minimum Gasteiger partial charge on any atom is -0.475 e. The maximum atomic E-state index is 14.4. The lowest BCUT2D eigenvalue weighted by molar-refractivity contribution is -0.127. The van der Waals surface area contributed by atoms with Gasteiger partial charge in [-0.15, -0.1) is 0 Å². The van der Waals surface area contributed by atoms with E-state index in [1.54, 1.807) is 42.1 Å². The number of aryl methyl sites for hydroxylation is 2. The van der Waals surface area contributed by atoms with Crippen molar-refractivity contribution in [3.63, 3.8) is 0 Å². The number of fused-ring (bicyclic) bond motifs is 4. The summed E-state index contributed by atoms with van der Waals surface area (Å²) < 4.78 is 36.2. The molecular weight excluding hydrogens is 627 g/mol. The summed E-state index contributed by atoms with van der Waals surface area (Å²) in [5.74, 6) is -0.270. The molecular formula is C37H43N5O5S. The Morgan fingerprint density at radius 2 is 1.60 bits per heavy atom. The van der Waals surface area contributed by atoms with E-state index in [2.05, 4.69) is 35.5 Å². The van der Waals surface area contributed by atoms with E-state index in [4.69, 9.17) is 4.74 Å². The van der Waals surface area contributed by atoms with Gasteiger partial charge < -0.3 is 14.5 Å². The molecule has 4 aromatic rings. The van der Waals surface area contributed by atoms with Gasteiger partial charge in [-0.25, -0.2) is 18.1 Å². The van der Waals surface area contributed by atoms with E-state index in [9.17, 15) is 18.0 Å². The number of hydrogen-bond donors (Lipinski definition) is 1. The van der Waals surface area contributed by atoms with Crippen LogP contribution in [0.15, 0.2) is 77.7 Å². The Kier molecular flexibility index (Phi) is 9.91. The number of rotatable bonds is 6. The normalized spacial score (nSPS) is 16.1. The van der Waals surface area contributed by atoms with E-state index < -0.39 is 16.1 Å². The van der Waals surface area contributed by atoms with Crippen LogP contribution in [0.3, 0.4) is 0 Å². The lowest BCUT2D eigenvalue weighted by Gasteiger charge is -2.36. The van der Waals surface area contributed by atoms with Crippen molar-refractivity contribution < 1.29 is 22.7 Å². The molecule has 0 unspecified atom stereocenters. The summed E-state index contributed by atoms with van der Waals surface area (Å²) in [6, 6.07) is 20.8. The third kappa shape index (κ3) is 8.20. The molecule has 0 saturated carbocycles. The van der Waals surface area contributed by atoms with Crippen LogP contribution in [0.2, 0.25) is 0 Å². The molecule has 1 aliphatic heterocycles. The Hall–Kier alpha value is -4.77. The highest BCUT2D eigenvalue weighted by Crippen LogP contribution is 2.32. The van der Waals surface area contributed by atoms with E-state index >= 15 is 0 Å². The molecule has 48 heavy (non-hydrogen) atoms. The number of likely N-dealkylation sites (N-methyl/N-ethyl adjacent to an activating group) is 1. The van der Waals surface area contributed by atoms with Gasteiger partial charge in [0.05, 0.1) is 23.1 Å². The zero-order valence-corrected chi connectivity index (χ0v) is 29.4. The highest BCUT2D eigenvalue weighted by atomic mass is 32.2. The summed E-state index contributed by atoms with van der Waals surface area (Å²) in [5, 5.41) is 0. The number of nitrogens with zero attached hydrogens (tertiary/aromatic N) is 4. The summed E-state index contributed by atoms with van der Waals surface area (Å²) in [6.45, 7) is 10.6. The van der Waals surface area contributed by atoms with Crippen molar-refractivity contribution in [2.75, 3.05) is 25.4 Å². The molecule has 0 radical (unpaired) electrons. The second kappa shape index (κ2) is 13.8. The fraction of sp³-hybridized carbons (Fsp3) is 0.351. The SMILES string of the molecule is Cc1cccc(C)c1-c1cc2nc(n1)NS(=O)(=O)c1cccc(c1)C(=O)N(Cc1ccc(CC(=O)N(C)C)cc1)[C@H](CC(C)(C)C)CO2. The van der Waals surface area contributed by atoms with Crippen LogP contribution in [-0.2, 0) is 27.8 Å². The third-order valence-corrected chi connectivity index (χ3v) is 9.59. The largest absolute Gasteiger partial charge is 0.475 e. The number of hydrogen-bond acceptors (Lipinski definition) is 7. The molecule has 0 fully saturated rings. The van der Waals surface area contributed by atoms with Crippen molar-refractivity contribution in [2.45, 2.75) is 64.9 Å². The average molecular weight is 670 g/mol. The summed E-state index contributed by atoms with van der Waals surface area (Å²) in [6.07, 6.45) is 0.864. The van der Waals surface area contributed by atoms with Gasteiger partial charge in [0.15, 0.2) is 0 Å². The van der Waals surface area contributed by atoms with E-state index in [0.29, 0.717) is 12.1 Å². The molecule has 1 aromatic heterocycles. The number of carbonyl (C=O) groups excluding carboxylic acids is 2. The topological polar surface area (TPSA) is 122 Å². The van der Waals surface area contributed by atoms with Gasteiger partial charge in [-0.2, -0.15) is 4.98 Å². The van der Waals surface area contributed by atoms with Gasteiger partial charge in [-0.05, 0) is 66.1 Å². The molecule has 4 bridgehead atoms. The molecule has 1 N–H and O–H groups in total. The maximum absolute atomic E-state index is 14.4. The number of amides is 2. The molecule has 11 heteroatoms. The minimum absolute atomic E-state index is 0.00255. The molecule has 2 heterocycles. The first-order valence-corrected chi connectivity index (χ1v) is 17.4. The van der Waals surface area contributed by atoms with Crippen molar-refractivity contribution in [1.82, 2.24) is 19.8 Å². The number of carbonyl (C=O) groups is 2. The van der Waals surface area contributed by atoms with E-state index in [0.717, 1.165) is 27.8 Å². The first-order valence-electron chi connectivity index (χ1n) is 15.9. The van der Waals surface area contributed by atoms with Gasteiger partial charge in [0.25, 0.3) is 15.9 Å². The lowest BCUT2D eigenvalue weighted by Crippen LogP contribution is -2.45. The summed E-state index contributed by atoms with van der Waals surface area (Å²) in [4.78, 5) is 38.9. The Morgan fingerprint density at radius 3 is 2.25 bits per heavy atom. The first kappa shape index (κ1) is 34.6. The minimum atomic E-state index is -4.17. The van der Waals surface area contributed by atoms with Crippen LogP contribution < -0.4 is 9.46 Å². The molecule has 0 spiro atoms. The second-order valence-corrected chi connectivity index (χ2v) is 15.4. The molecule has 1 atom stereocenters. The number of ether oxygens (including phenoxy) is 1. The molecule has 252 valence electrons. The summed E-state index contributed by atoms with van der Waals surface area (Å²) in [5.41, 5.74) is 5.09. The monoisotopic (exact) mass is 669 g/mol. The number of sulfonamides is 1. The number of benzene rings is 3. The van der Waals surface area contributed by atoms with Crippen LogP contribution in [0, 0.1) is 19.3 Å². The molecule has 0 saturated heterocycles. The Balaban J connectivity index is 1.61. The molecule has 3 aromatic carbocycles. The van der Waals surface area contributed by atoms with Gasteiger partial charge >= 0.3 is 0 Å². The van der Waals surface area contributed by atoms with Crippen molar-refractivity contribution >= 4 is 27.8 Å². The molecule has 2 amide bonds. The van der Waals surface area contributed by atoms with E-state index in [1.807, 2.05) is 56.3 Å². The maximum Gasteiger partial charge on any atom is 0.264 e. The molecule has 0 aliphatic carbocycles. The van der Waals surface area contributed by atoms with Crippen LogP contribution in [-0.4, -0.2) is 66.7 Å². The Bertz CT molecular complexity index is 1910. The Morgan fingerprint density at radius 1 is 0.958 bits per heavy atom. The fourth-order valence-corrected chi connectivity index (χ4v) is 6.83. The highest BCUT2D eigenvalue weighted by Gasteiger charge is 2.31. The quantitative estimate of drug-likeness (QED) is 0.266. The van der Waals surface area contributed by atoms with Crippen molar-refractivity contribution in [3.05, 3.63) is 101 Å². The van der Waals surface area contributed by atoms with Crippen molar-refractivity contribution in [1.29, 1.82) is 0 Å². The van der Waals surface area contributed by atoms with E-state index in [-0.39, 0.29) is 59.1 Å². The Labute approximate surface area is 283 Å². The van der Waals surface area contributed by atoms with Crippen LogP contribution in [0.1, 0.15) is 59.8 Å². The van der Waals surface area contributed by atoms with Crippen LogP contribution in [0.25, 0.3) is 11.3 Å². The van der Waals surface area contributed by atoms with Crippen LogP contribution >= 0.6 is 0 Å². The van der Waals surface area contributed by atoms with Crippen molar-refractivity contribution in [2.24, 2.45) is 5.41 Å². The zero-order chi connectivity index (χ0) is 34.8. The zero-order valence-electron chi connectivity index (χ0n) is 28.6. The van der Waals surface area contributed by atoms with Gasteiger partial charge in [0.2, 0.25) is 17.7 Å². The standard InChI is InChI=1S/C37H43N5O5S/c1-24-10-8-11-25(2)34(24)31-20-32-39-36(38-31)40-48(45,46)30-13-9-12-28(19-30)35(44)42(29(23-47-32)21-37(3,4)5)22-27-16-14-26(15-17-27)18-33(43)41(6)7/h8-17,19-20,29H,18,21-23H2,1-7H3,(H,38,39,40)/t29-/m1/s1. The van der Waals surface area contributed by atoms with Crippen LogP contribution in [0.5, 0.6) is 5.88 Å². The summed E-state index contributed by atoms with van der Waals surface area (Å²) >= 11 is 0. The smallest absolute Gasteiger partial charge is 0.264 e. The number of aromatic nitrogens is 2. The first-order chi connectivity index (χ1) is 22.6. The highest BCUT2D eigenvalue weighted by molar-refractivity contribution is 7.92. The van der Waals surface area contributed by atoms with Crippen molar-refractivity contribution in [3.8, 4) is 17.1 Å². The molecule has 5 rings (SSSR count). The predicted molar refractivity (Wildman–Crippen MR) is 186 cm³/mol. The number of nitrogens with one attached hydrogen (secondary N) is 1. The van der Waals surface area contributed by atoms with Gasteiger partial charge in [0, 0.05) is 37.8 Å². The predicted octanol–water partition coefficient (Wildman–Crippen LogP) is 6.03. The molecule has 10 nitrogen and oxygen atoms in total. The van der Waals surface area contributed by atoms with Gasteiger partial charge in [0.1, 0.15) is 6.61 Å². The lowest BCUT2D eigenvalue weighted by atomic mass is 9.87. The van der Waals surface area contributed by atoms with Gasteiger partial charge in [-0.1, -0.05) is 69.3 Å². The van der Waals surface area contributed by atoms with Gasteiger partial charge in [-0.3, -0.25) is 9.59 Å². The average Bonchev–Trinajstić information content (AvgIpc) is 3.01. The second-order valence-electron chi connectivity index (χ2n) is 13.8. The third-order valence-electron chi connectivity index (χ3n) is 8.26. The number of anilines is 1.